The van der Waals surface area contributed by atoms with Gasteiger partial charge < -0.3 is 14.8 Å². The van der Waals surface area contributed by atoms with Crippen LogP contribution in [-0.2, 0) is 9.59 Å². The molecule has 33 heavy (non-hydrogen) atoms. The summed E-state index contributed by atoms with van der Waals surface area (Å²) in [5.74, 6) is -0.916. The highest BCUT2D eigenvalue weighted by atomic mass is 35.5. The molecule has 0 atom stereocenters. The van der Waals surface area contributed by atoms with Gasteiger partial charge in [-0.3, -0.25) is 9.59 Å². The Kier molecular flexibility index (Phi) is 6.33. The lowest BCUT2D eigenvalue weighted by atomic mass is 10.0. The van der Waals surface area contributed by atoms with E-state index >= 15 is 0 Å². The molecule has 0 fully saturated rings. The number of hydrogen-bond donors (Lipinski definition) is 1. The molecule has 0 radical (unpaired) electrons. The number of hydrogen-bond acceptors (Lipinski definition) is 5. The molecule has 0 saturated heterocycles. The molecule has 6 nitrogen and oxygen atoms in total. The number of halogens is 2. The largest absolute Gasteiger partial charge is 0.496 e. The van der Waals surface area contributed by atoms with Crippen LogP contribution in [0.15, 0.2) is 72.4 Å². The van der Waals surface area contributed by atoms with E-state index in [1.807, 2.05) is 6.92 Å². The smallest absolute Gasteiger partial charge is 0.282 e. The average Bonchev–Trinajstić information content (AvgIpc) is 3.06. The van der Waals surface area contributed by atoms with Gasteiger partial charge in [0.15, 0.2) is 0 Å². The van der Waals surface area contributed by atoms with Crippen molar-refractivity contribution in [2.45, 2.75) is 6.92 Å². The summed E-state index contributed by atoms with van der Waals surface area (Å²) in [7, 11) is 1.48. The Hall–Kier alpha value is -3.84. The maximum atomic E-state index is 13.7. The van der Waals surface area contributed by atoms with Crippen molar-refractivity contribution in [2.75, 3.05) is 23.9 Å². The van der Waals surface area contributed by atoms with Gasteiger partial charge in [-0.2, -0.15) is 0 Å². The second-order valence-electron chi connectivity index (χ2n) is 7.05. The molecule has 0 saturated carbocycles. The zero-order chi connectivity index (χ0) is 23.5. The summed E-state index contributed by atoms with van der Waals surface area (Å²) in [4.78, 5) is 28.1. The van der Waals surface area contributed by atoms with Gasteiger partial charge in [-0.1, -0.05) is 41.9 Å². The molecular formula is C25H20ClFN2O4. The number of anilines is 2. The van der Waals surface area contributed by atoms with Crippen molar-refractivity contribution in [3.05, 3.63) is 88.8 Å². The van der Waals surface area contributed by atoms with Gasteiger partial charge in [0.25, 0.3) is 11.8 Å². The molecule has 1 N–H and O–H groups in total. The van der Waals surface area contributed by atoms with Gasteiger partial charge >= 0.3 is 0 Å². The molecule has 0 aromatic heterocycles. The maximum Gasteiger partial charge on any atom is 0.282 e. The minimum atomic E-state index is -0.651. The number of imide groups is 1. The number of ether oxygens (including phenoxy) is 2. The van der Waals surface area contributed by atoms with E-state index in [1.165, 1.54) is 19.2 Å². The van der Waals surface area contributed by atoms with Gasteiger partial charge in [0.1, 0.15) is 23.0 Å². The van der Waals surface area contributed by atoms with E-state index in [1.54, 1.807) is 48.5 Å². The Morgan fingerprint density at radius 2 is 1.67 bits per heavy atom. The lowest BCUT2D eigenvalue weighted by molar-refractivity contribution is -0.120. The molecule has 3 aromatic carbocycles. The van der Waals surface area contributed by atoms with Crippen molar-refractivity contribution < 1.29 is 23.5 Å². The summed E-state index contributed by atoms with van der Waals surface area (Å²) in [5, 5.41) is 2.88. The van der Waals surface area contributed by atoms with Gasteiger partial charge in [0.2, 0.25) is 0 Å². The number of carbonyl (C=O) groups is 2. The van der Waals surface area contributed by atoms with Gasteiger partial charge in [-0.25, -0.2) is 9.29 Å². The van der Waals surface area contributed by atoms with Gasteiger partial charge in [-0.15, -0.1) is 0 Å². The number of benzene rings is 3. The predicted molar refractivity (Wildman–Crippen MR) is 125 cm³/mol. The van der Waals surface area contributed by atoms with Crippen LogP contribution in [0, 0.1) is 5.82 Å². The first kappa shape index (κ1) is 22.4. The molecule has 2 amide bonds. The summed E-state index contributed by atoms with van der Waals surface area (Å²) in [5.41, 5.74) is 1.26. The monoisotopic (exact) mass is 466 g/mol. The molecule has 0 bridgehead atoms. The molecular weight excluding hydrogens is 447 g/mol. The number of methoxy groups -OCH3 is 1. The zero-order valence-electron chi connectivity index (χ0n) is 17.9. The normalized spacial score (nSPS) is 13.5. The zero-order valence-corrected chi connectivity index (χ0v) is 18.7. The standard InChI is InChI=1S/C25H20ClFN2O4/c1-3-33-21-11-7-5-9-19(21)28-23-22(16-8-4-6-10-20(16)32-2)24(30)29(25(23)31)15-12-13-18(27)17(26)14-15/h4-14,28H,3H2,1-2H3. The number of rotatable bonds is 7. The Bertz CT molecular complexity index is 1270. The Morgan fingerprint density at radius 1 is 0.970 bits per heavy atom. The average molecular weight is 467 g/mol. The molecule has 1 heterocycles. The number of carbonyl (C=O) groups excluding carboxylic acids is 2. The minimum Gasteiger partial charge on any atom is -0.496 e. The number of para-hydroxylation sites is 3. The molecule has 0 unspecified atom stereocenters. The minimum absolute atomic E-state index is 0.0390. The van der Waals surface area contributed by atoms with Gasteiger partial charge in [0.05, 0.1) is 35.7 Å². The Morgan fingerprint density at radius 3 is 2.36 bits per heavy atom. The first-order valence-corrected chi connectivity index (χ1v) is 10.5. The Labute approximate surface area is 195 Å². The fourth-order valence-electron chi connectivity index (χ4n) is 3.59. The van der Waals surface area contributed by atoms with Crippen molar-refractivity contribution >= 4 is 40.4 Å². The van der Waals surface area contributed by atoms with Crippen molar-refractivity contribution in [2.24, 2.45) is 0 Å². The second-order valence-corrected chi connectivity index (χ2v) is 7.46. The van der Waals surface area contributed by atoms with Crippen LogP contribution in [0.5, 0.6) is 11.5 Å². The SMILES string of the molecule is CCOc1ccccc1NC1=C(c2ccccc2OC)C(=O)N(c2ccc(F)c(Cl)c2)C1=O. The molecule has 1 aliphatic rings. The van der Waals surface area contributed by atoms with Crippen LogP contribution in [0.3, 0.4) is 0 Å². The third kappa shape index (κ3) is 4.15. The molecule has 8 heteroatoms. The van der Waals surface area contributed by atoms with E-state index in [9.17, 15) is 14.0 Å². The predicted octanol–water partition coefficient (Wildman–Crippen LogP) is 5.28. The maximum absolute atomic E-state index is 13.7. The van der Waals surface area contributed by atoms with E-state index in [2.05, 4.69) is 5.32 Å². The third-order valence-corrected chi connectivity index (χ3v) is 5.36. The van der Waals surface area contributed by atoms with Crippen LogP contribution in [0.25, 0.3) is 5.57 Å². The first-order valence-electron chi connectivity index (χ1n) is 10.2. The molecule has 4 rings (SSSR count). The summed E-state index contributed by atoms with van der Waals surface area (Å²) in [6.45, 7) is 2.27. The quantitative estimate of drug-likeness (QED) is 0.480. The number of nitrogens with zero attached hydrogens (tertiary/aromatic N) is 1. The van der Waals surface area contributed by atoms with Crippen LogP contribution in [-0.4, -0.2) is 25.5 Å². The van der Waals surface area contributed by atoms with E-state index in [4.69, 9.17) is 21.1 Å². The highest BCUT2D eigenvalue weighted by Crippen LogP contribution is 2.39. The third-order valence-electron chi connectivity index (χ3n) is 5.07. The van der Waals surface area contributed by atoms with Crippen LogP contribution in [0.1, 0.15) is 12.5 Å². The van der Waals surface area contributed by atoms with Gasteiger partial charge in [0, 0.05) is 5.56 Å². The van der Waals surface area contributed by atoms with Crippen molar-refractivity contribution in [3.63, 3.8) is 0 Å². The van der Waals surface area contributed by atoms with E-state index in [-0.39, 0.29) is 22.0 Å². The highest BCUT2D eigenvalue weighted by Gasteiger charge is 2.41. The molecule has 0 aliphatic carbocycles. The number of amides is 2. The lowest BCUT2D eigenvalue weighted by Gasteiger charge is -2.16. The van der Waals surface area contributed by atoms with Crippen LogP contribution < -0.4 is 19.7 Å². The van der Waals surface area contributed by atoms with E-state index in [0.717, 1.165) is 11.0 Å². The fourth-order valence-corrected chi connectivity index (χ4v) is 3.77. The molecule has 1 aliphatic heterocycles. The summed E-state index contributed by atoms with van der Waals surface area (Å²) in [6, 6.07) is 17.7. The first-order chi connectivity index (χ1) is 16.0. The number of nitrogens with one attached hydrogen (secondary N) is 1. The van der Waals surface area contributed by atoms with E-state index in [0.29, 0.717) is 29.4 Å². The summed E-state index contributed by atoms with van der Waals surface area (Å²) < 4.78 is 24.8. The topological polar surface area (TPSA) is 67.9 Å². The summed E-state index contributed by atoms with van der Waals surface area (Å²) in [6.07, 6.45) is 0. The summed E-state index contributed by atoms with van der Waals surface area (Å²) >= 11 is 5.92. The Balaban J connectivity index is 1.87. The lowest BCUT2D eigenvalue weighted by Crippen LogP contribution is -2.32. The van der Waals surface area contributed by atoms with Crippen molar-refractivity contribution in [1.29, 1.82) is 0 Å². The van der Waals surface area contributed by atoms with Crippen molar-refractivity contribution in [3.8, 4) is 11.5 Å². The highest BCUT2D eigenvalue weighted by molar-refractivity contribution is 6.46. The van der Waals surface area contributed by atoms with Crippen LogP contribution in [0.4, 0.5) is 15.8 Å². The van der Waals surface area contributed by atoms with Gasteiger partial charge in [-0.05, 0) is 43.3 Å². The second kappa shape index (κ2) is 9.34. The molecule has 3 aromatic rings. The fraction of sp³-hybridized carbons (Fsp3) is 0.120. The van der Waals surface area contributed by atoms with Crippen molar-refractivity contribution in [1.82, 2.24) is 0 Å². The molecule has 0 spiro atoms. The van der Waals surface area contributed by atoms with Crippen LogP contribution >= 0.6 is 11.6 Å². The molecule has 168 valence electrons. The van der Waals surface area contributed by atoms with Crippen LogP contribution in [0.2, 0.25) is 5.02 Å². The van der Waals surface area contributed by atoms with E-state index < -0.39 is 17.6 Å².